The standard InChI is InChI=1S/C9H17N/c1-4-8(3)10-6-9(5-2)7-10/h9H,3-7H2,1-2H3. The molecule has 1 heteroatoms. The molecule has 0 aliphatic carbocycles. The molecule has 1 fully saturated rings. The molecule has 0 unspecified atom stereocenters. The lowest BCUT2D eigenvalue weighted by atomic mass is 9.96. The summed E-state index contributed by atoms with van der Waals surface area (Å²) in [7, 11) is 0. The summed E-state index contributed by atoms with van der Waals surface area (Å²) in [6.45, 7) is 10.9. The third-order valence-corrected chi connectivity index (χ3v) is 2.39. The Bertz CT molecular complexity index is 123. The molecule has 0 spiro atoms. The lowest BCUT2D eigenvalue weighted by Gasteiger charge is -2.41. The van der Waals surface area contributed by atoms with Crippen LogP contribution in [0.3, 0.4) is 0 Å². The van der Waals surface area contributed by atoms with E-state index in [0.29, 0.717) is 0 Å². The average Bonchev–Trinajstić information content (AvgIpc) is 1.85. The van der Waals surface area contributed by atoms with Crippen LogP contribution in [0.25, 0.3) is 0 Å². The van der Waals surface area contributed by atoms with Gasteiger partial charge in [-0.1, -0.05) is 20.4 Å². The molecule has 0 saturated carbocycles. The van der Waals surface area contributed by atoms with Crippen molar-refractivity contribution in [1.82, 2.24) is 4.90 Å². The minimum atomic E-state index is 0.947. The normalized spacial score (nSPS) is 18.8. The SMILES string of the molecule is C=C(CC)N1CC(CC)C1. The van der Waals surface area contributed by atoms with Crippen LogP contribution in [0.2, 0.25) is 0 Å². The van der Waals surface area contributed by atoms with Gasteiger partial charge in [0.2, 0.25) is 0 Å². The Kier molecular flexibility index (Phi) is 2.36. The van der Waals surface area contributed by atoms with Gasteiger partial charge in [0.15, 0.2) is 0 Å². The second-order valence-electron chi connectivity index (χ2n) is 3.10. The second kappa shape index (κ2) is 3.09. The molecule has 0 radical (unpaired) electrons. The van der Waals surface area contributed by atoms with E-state index in [1.54, 1.807) is 0 Å². The highest BCUT2D eigenvalue weighted by atomic mass is 15.2. The molecule has 1 heterocycles. The monoisotopic (exact) mass is 139 g/mol. The molecule has 0 amide bonds. The first-order valence-electron chi connectivity index (χ1n) is 4.20. The van der Waals surface area contributed by atoms with Crippen molar-refractivity contribution in [1.29, 1.82) is 0 Å². The first-order valence-corrected chi connectivity index (χ1v) is 4.20. The average molecular weight is 139 g/mol. The fourth-order valence-electron chi connectivity index (χ4n) is 1.31. The van der Waals surface area contributed by atoms with Gasteiger partial charge in [-0.2, -0.15) is 0 Å². The number of hydrogen-bond donors (Lipinski definition) is 0. The Morgan fingerprint density at radius 1 is 1.50 bits per heavy atom. The van der Waals surface area contributed by atoms with Crippen molar-refractivity contribution < 1.29 is 0 Å². The van der Waals surface area contributed by atoms with Crippen molar-refractivity contribution in [2.45, 2.75) is 26.7 Å². The van der Waals surface area contributed by atoms with Gasteiger partial charge < -0.3 is 4.90 Å². The van der Waals surface area contributed by atoms with Gasteiger partial charge in [0.1, 0.15) is 0 Å². The van der Waals surface area contributed by atoms with Gasteiger partial charge in [-0.05, 0) is 18.8 Å². The van der Waals surface area contributed by atoms with Gasteiger partial charge in [0, 0.05) is 18.8 Å². The van der Waals surface area contributed by atoms with Crippen molar-refractivity contribution in [2.24, 2.45) is 5.92 Å². The quantitative estimate of drug-likeness (QED) is 0.579. The highest BCUT2D eigenvalue weighted by molar-refractivity contribution is 4.98. The molecule has 1 saturated heterocycles. The van der Waals surface area contributed by atoms with E-state index in [2.05, 4.69) is 25.3 Å². The Hall–Kier alpha value is -0.460. The zero-order valence-corrected chi connectivity index (χ0v) is 7.06. The van der Waals surface area contributed by atoms with E-state index in [4.69, 9.17) is 0 Å². The van der Waals surface area contributed by atoms with Crippen LogP contribution in [-0.4, -0.2) is 18.0 Å². The number of rotatable bonds is 3. The van der Waals surface area contributed by atoms with Crippen molar-refractivity contribution in [3.05, 3.63) is 12.3 Å². The fourth-order valence-corrected chi connectivity index (χ4v) is 1.31. The predicted molar refractivity (Wildman–Crippen MR) is 44.8 cm³/mol. The summed E-state index contributed by atoms with van der Waals surface area (Å²) in [4.78, 5) is 2.38. The number of allylic oxidation sites excluding steroid dienone is 1. The van der Waals surface area contributed by atoms with Gasteiger partial charge in [-0.15, -0.1) is 0 Å². The van der Waals surface area contributed by atoms with Crippen LogP contribution in [0.15, 0.2) is 12.3 Å². The van der Waals surface area contributed by atoms with Crippen LogP contribution in [0.4, 0.5) is 0 Å². The zero-order chi connectivity index (χ0) is 7.56. The molecule has 1 rings (SSSR count). The largest absolute Gasteiger partial charge is 0.375 e. The molecule has 58 valence electrons. The molecule has 0 N–H and O–H groups in total. The molecule has 0 bridgehead atoms. The molecular formula is C9H17N. The summed E-state index contributed by atoms with van der Waals surface area (Å²) in [5.74, 6) is 0.947. The van der Waals surface area contributed by atoms with Crippen LogP contribution in [0, 0.1) is 5.92 Å². The highest BCUT2D eigenvalue weighted by Crippen LogP contribution is 2.23. The van der Waals surface area contributed by atoms with Crippen LogP contribution in [0.5, 0.6) is 0 Å². The molecule has 1 nitrogen and oxygen atoms in total. The predicted octanol–water partition coefficient (Wildman–Crippen LogP) is 2.25. The Labute approximate surface area is 63.7 Å². The molecule has 10 heavy (non-hydrogen) atoms. The summed E-state index contributed by atoms with van der Waals surface area (Å²) >= 11 is 0. The zero-order valence-electron chi connectivity index (χ0n) is 7.06. The van der Waals surface area contributed by atoms with Gasteiger partial charge in [0.05, 0.1) is 0 Å². The van der Waals surface area contributed by atoms with Crippen molar-refractivity contribution in [3.63, 3.8) is 0 Å². The van der Waals surface area contributed by atoms with Crippen molar-refractivity contribution in [3.8, 4) is 0 Å². The van der Waals surface area contributed by atoms with Gasteiger partial charge >= 0.3 is 0 Å². The molecule has 1 aliphatic rings. The third kappa shape index (κ3) is 1.34. The van der Waals surface area contributed by atoms with E-state index in [9.17, 15) is 0 Å². The van der Waals surface area contributed by atoms with E-state index in [0.717, 1.165) is 12.3 Å². The van der Waals surface area contributed by atoms with Gasteiger partial charge in [0.25, 0.3) is 0 Å². The lowest BCUT2D eigenvalue weighted by Crippen LogP contribution is -2.44. The fraction of sp³-hybridized carbons (Fsp3) is 0.778. The summed E-state index contributed by atoms with van der Waals surface area (Å²) in [6.07, 6.45) is 2.43. The topological polar surface area (TPSA) is 3.24 Å². The van der Waals surface area contributed by atoms with Gasteiger partial charge in [-0.25, -0.2) is 0 Å². The van der Waals surface area contributed by atoms with Crippen LogP contribution in [0.1, 0.15) is 26.7 Å². The maximum Gasteiger partial charge on any atom is 0.0220 e. The summed E-state index contributed by atoms with van der Waals surface area (Å²) < 4.78 is 0. The smallest absolute Gasteiger partial charge is 0.0220 e. The summed E-state index contributed by atoms with van der Waals surface area (Å²) in [5, 5.41) is 0. The molecule has 1 aliphatic heterocycles. The van der Waals surface area contributed by atoms with E-state index in [1.165, 1.54) is 25.2 Å². The third-order valence-electron chi connectivity index (χ3n) is 2.39. The first-order chi connectivity index (χ1) is 4.77. The number of likely N-dealkylation sites (tertiary alicyclic amines) is 1. The van der Waals surface area contributed by atoms with Crippen molar-refractivity contribution >= 4 is 0 Å². The maximum absolute atomic E-state index is 3.99. The number of hydrogen-bond acceptors (Lipinski definition) is 1. The second-order valence-corrected chi connectivity index (χ2v) is 3.10. The number of nitrogens with zero attached hydrogens (tertiary/aromatic N) is 1. The minimum Gasteiger partial charge on any atom is -0.375 e. The highest BCUT2D eigenvalue weighted by Gasteiger charge is 2.24. The van der Waals surface area contributed by atoms with E-state index in [1.807, 2.05) is 0 Å². The van der Waals surface area contributed by atoms with Crippen LogP contribution < -0.4 is 0 Å². The lowest BCUT2D eigenvalue weighted by molar-refractivity contribution is 0.136. The Morgan fingerprint density at radius 3 is 2.50 bits per heavy atom. The Morgan fingerprint density at radius 2 is 2.10 bits per heavy atom. The summed E-state index contributed by atoms with van der Waals surface area (Å²) in [5.41, 5.74) is 1.31. The molecule has 0 aromatic heterocycles. The van der Waals surface area contributed by atoms with Gasteiger partial charge in [-0.3, -0.25) is 0 Å². The summed E-state index contributed by atoms with van der Waals surface area (Å²) in [6, 6.07) is 0. The maximum atomic E-state index is 3.99. The molecular weight excluding hydrogens is 122 g/mol. The van der Waals surface area contributed by atoms with E-state index < -0.39 is 0 Å². The van der Waals surface area contributed by atoms with Crippen LogP contribution >= 0.6 is 0 Å². The van der Waals surface area contributed by atoms with E-state index >= 15 is 0 Å². The molecule has 0 aromatic rings. The Balaban J connectivity index is 2.19. The molecule has 0 aromatic carbocycles. The first kappa shape index (κ1) is 7.64. The minimum absolute atomic E-state index is 0.947. The van der Waals surface area contributed by atoms with Crippen molar-refractivity contribution in [2.75, 3.05) is 13.1 Å². The van der Waals surface area contributed by atoms with E-state index in [-0.39, 0.29) is 0 Å². The van der Waals surface area contributed by atoms with Crippen LogP contribution in [-0.2, 0) is 0 Å². The molecule has 0 atom stereocenters.